The number of nitrogens with zero attached hydrogens (tertiary/aromatic N) is 3. The third kappa shape index (κ3) is 3.05. The highest BCUT2D eigenvalue weighted by molar-refractivity contribution is 5.90. The van der Waals surface area contributed by atoms with Crippen LogP contribution in [0.4, 0.5) is 11.4 Å². The molecular formula is C17H17N3O4. The first-order valence-electron chi connectivity index (χ1n) is 7.76. The van der Waals surface area contributed by atoms with Crippen LogP contribution in [0.2, 0.25) is 0 Å². The van der Waals surface area contributed by atoms with Crippen LogP contribution in [0.25, 0.3) is 0 Å². The molecule has 1 fully saturated rings. The summed E-state index contributed by atoms with van der Waals surface area (Å²) in [4.78, 5) is 28.2. The Labute approximate surface area is 138 Å². The fourth-order valence-electron chi connectivity index (χ4n) is 3.19. The lowest BCUT2D eigenvalue weighted by molar-refractivity contribution is -0.384. The van der Waals surface area contributed by atoms with Gasteiger partial charge in [-0.05, 0) is 43.0 Å². The average molecular weight is 327 g/mol. The minimum Gasteiger partial charge on any atom is -0.478 e. The summed E-state index contributed by atoms with van der Waals surface area (Å²) in [6, 6.07) is 7.90. The van der Waals surface area contributed by atoms with Crippen LogP contribution in [0.1, 0.15) is 41.2 Å². The largest absolute Gasteiger partial charge is 0.478 e. The zero-order valence-electron chi connectivity index (χ0n) is 13.0. The first-order valence-corrected chi connectivity index (χ1v) is 7.76. The van der Waals surface area contributed by atoms with Gasteiger partial charge in [0, 0.05) is 25.0 Å². The number of nitro groups is 1. The predicted octanol–water partition coefficient (Wildman–Crippen LogP) is 3.42. The van der Waals surface area contributed by atoms with Crippen LogP contribution < -0.4 is 4.90 Å². The minimum atomic E-state index is -1.17. The van der Waals surface area contributed by atoms with Gasteiger partial charge in [-0.2, -0.15) is 0 Å². The normalized spacial score (nSPS) is 17.5. The Morgan fingerprint density at radius 2 is 2.17 bits per heavy atom. The van der Waals surface area contributed by atoms with Crippen molar-refractivity contribution in [3.8, 4) is 0 Å². The van der Waals surface area contributed by atoms with E-state index in [1.54, 1.807) is 12.4 Å². The van der Waals surface area contributed by atoms with Crippen molar-refractivity contribution in [2.75, 3.05) is 11.4 Å². The number of rotatable bonds is 4. The summed E-state index contributed by atoms with van der Waals surface area (Å²) < 4.78 is 0. The van der Waals surface area contributed by atoms with Gasteiger partial charge in [0.05, 0.1) is 16.5 Å². The van der Waals surface area contributed by atoms with Gasteiger partial charge in [-0.3, -0.25) is 15.1 Å². The third-order valence-electron chi connectivity index (χ3n) is 4.30. The van der Waals surface area contributed by atoms with E-state index in [4.69, 9.17) is 5.11 Å². The molecule has 1 atom stereocenters. The van der Waals surface area contributed by atoms with Crippen LogP contribution in [0, 0.1) is 10.1 Å². The number of carboxylic acid groups (broad SMARTS) is 1. The van der Waals surface area contributed by atoms with Crippen molar-refractivity contribution in [1.82, 2.24) is 4.98 Å². The maximum Gasteiger partial charge on any atom is 0.335 e. The number of aromatic nitrogens is 1. The monoisotopic (exact) mass is 327 g/mol. The molecule has 0 spiro atoms. The summed E-state index contributed by atoms with van der Waals surface area (Å²) in [6.45, 7) is 0.687. The first-order chi connectivity index (χ1) is 11.6. The number of carbonyl (C=O) groups is 1. The molecule has 0 amide bonds. The van der Waals surface area contributed by atoms with E-state index in [0.29, 0.717) is 12.2 Å². The van der Waals surface area contributed by atoms with Crippen LogP contribution in [0.15, 0.2) is 42.7 Å². The molecule has 2 heterocycles. The van der Waals surface area contributed by atoms with Crippen LogP contribution in [0.5, 0.6) is 0 Å². The number of nitro benzene ring substituents is 1. The van der Waals surface area contributed by atoms with Gasteiger partial charge in [-0.15, -0.1) is 0 Å². The lowest BCUT2D eigenvalue weighted by Crippen LogP contribution is -2.34. The molecular weight excluding hydrogens is 310 g/mol. The highest BCUT2D eigenvalue weighted by Gasteiger charge is 2.30. The van der Waals surface area contributed by atoms with Gasteiger partial charge < -0.3 is 10.0 Å². The second-order valence-corrected chi connectivity index (χ2v) is 5.76. The predicted molar refractivity (Wildman–Crippen MR) is 88.2 cm³/mol. The summed E-state index contributed by atoms with van der Waals surface area (Å²) in [6.07, 6.45) is 6.33. The number of anilines is 1. The van der Waals surface area contributed by atoms with Crippen LogP contribution in [-0.2, 0) is 0 Å². The molecule has 1 aliphatic rings. The molecule has 0 aliphatic carbocycles. The summed E-state index contributed by atoms with van der Waals surface area (Å²) in [5.41, 5.74) is 1.21. The molecule has 0 radical (unpaired) electrons. The number of hydrogen-bond donors (Lipinski definition) is 1. The van der Waals surface area contributed by atoms with E-state index in [-0.39, 0.29) is 17.3 Å². The number of pyridine rings is 1. The molecule has 24 heavy (non-hydrogen) atoms. The van der Waals surface area contributed by atoms with Gasteiger partial charge in [0.15, 0.2) is 0 Å². The summed E-state index contributed by atoms with van der Waals surface area (Å²) in [5, 5.41) is 20.5. The smallest absolute Gasteiger partial charge is 0.335 e. The molecule has 3 rings (SSSR count). The minimum absolute atomic E-state index is 0.00169. The Kier molecular flexibility index (Phi) is 4.41. The first kappa shape index (κ1) is 15.9. The maximum absolute atomic E-state index is 11.5. The van der Waals surface area contributed by atoms with Gasteiger partial charge in [0.25, 0.3) is 5.69 Å². The molecule has 2 aromatic rings. The molecule has 1 aromatic heterocycles. The highest BCUT2D eigenvalue weighted by atomic mass is 16.6. The molecule has 124 valence electrons. The van der Waals surface area contributed by atoms with Crippen LogP contribution >= 0.6 is 0 Å². The zero-order valence-corrected chi connectivity index (χ0v) is 13.0. The molecule has 1 N–H and O–H groups in total. The molecule has 1 unspecified atom stereocenters. The van der Waals surface area contributed by atoms with Gasteiger partial charge >= 0.3 is 5.97 Å². The van der Waals surface area contributed by atoms with Gasteiger partial charge in [-0.1, -0.05) is 6.07 Å². The number of benzene rings is 1. The van der Waals surface area contributed by atoms with Crippen molar-refractivity contribution in [3.63, 3.8) is 0 Å². The number of hydrogen-bond acceptors (Lipinski definition) is 5. The lowest BCUT2D eigenvalue weighted by atomic mass is 9.95. The van der Waals surface area contributed by atoms with Crippen LogP contribution in [0.3, 0.4) is 0 Å². The molecule has 1 saturated heterocycles. The number of aromatic carboxylic acids is 1. The average Bonchev–Trinajstić information content (AvgIpc) is 2.62. The van der Waals surface area contributed by atoms with Crippen molar-refractivity contribution in [2.24, 2.45) is 0 Å². The van der Waals surface area contributed by atoms with E-state index in [0.717, 1.165) is 30.9 Å². The van der Waals surface area contributed by atoms with E-state index in [1.807, 2.05) is 17.0 Å². The Hall–Kier alpha value is -2.96. The Bertz CT molecular complexity index is 764. The van der Waals surface area contributed by atoms with Gasteiger partial charge in [0.1, 0.15) is 5.69 Å². The molecule has 1 aromatic carbocycles. The molecule has 0 saturated carbocycles. The van der Waals surface area contributed by atoms with Crippen molar-refractivity contribution in [1.29, 1.82) is 0 Å². The van der Waals surface area contributed by atoms with E-state index in [2.05, 4.69) is 4.98 Å². The van der Waals surface area contributed by atoms with E-state index >= 15 is 0 Å². The fraction of sp³-hybridized carbons (Fsp3) is 0.294. The van der Waals surface area contributed by atoms with Crippen molar-refractivity contribution < 1.29 is 14.8 Å². The van der Waals surface area contributed by atoms with E-state index in [9.17, 15) is 14.9 Å². The van der Waals surface area contributed by atoms with Gasteiger partial charge in [0.2, 0.25) is 0 Å². The summed E-state index contributed by atoms with van der Waals surface area (Å²) >= 11 is 0. The lowest BCUT2D eigenvalue weighted by Gasteiger charge is -2.37. The highest BCUT2D eigenvalue weighted by Crippen LogP contribution is 2.39. The molecule has 0 bridgehead atoms. The quantitative estimate of drug-likeness (QED) is 0.682. The second kappa shape index (κ2) is 6.66. The Morgan fingerprint density at radius 3 is 2.83 bits per heavy atom. The SMILES string of the molecule is O=C(O)c1ccc(N2CCCCC2c2cccnc2)c([N+](=O)[O-])c1. The summed E-state index contributed by atoms with van der Waals surface area (Å²) in [7, 11) is 0. The van der Waals surface area contributed by atoms with Crippen molar-refractivity contribution in [3.05, 3.63) is 64.0 Å². The fourth-order valence-corrected chi connectivity index (χ4v) is 3.19. The Morgan fingerprint density at radius 1 is 1.33 bits per heavy atom. The number of carboxylic acids is 1. The topological polar surface area (TPSA) is 96.6 Å². The van der Waals surface area contributed by atoms with Crippen LogP contribution in [-0.4, -0.2) is 27.5 Å². The zero-order chi connectivity index (χ0) is 17.1. The van der Waals surface area contributed by atoms with Crippen molar-refractivity contribution in [2.45, 2.75) is 25.3 Å². The maximum atomic E-state index is 11.5. The second-order valence-electron chi connectivity index (χ2n) is 5.76. The molecule has 7 nitrogen and oxygen atoms in total. The Balaban J connectivity index is 2.05. The summed E-state index contributed by atoms with van der Waals surface area (Å²) in [5.74, 6) is -1.17. The van der Waals surface area contributed by atoms with E-state index in [1.165, 1.54) is 12.1 Å². The number of piperidine rings is 1. The van der Waals surface area contributed by atoms with Crippen molar-refractivity contribution >= 4 is 17.3 Å². The van der Waals surface area contributed by atoms with E-state index < -0.39 is 10.9 Å². The van der Waals surface area contributed by atoms with Gasteiger partial charge in [-0.25, -0.2) is 4.79 Å². The standard InChI is InChI=1S/C17H17N3O4/c21-17(22)12-6-7-15(16(10-12)20(23)24)19-9-2-1-5-14(19)13-4-3-8-18-11-13/h3-4,6-8,10-11,14H,1-2,5,9H2,(H,21,22). The third-order valence-corrected chi connectivity index (χ3v) is 4.30. The molecule has 7 heteroatoms. The molecule has 1 aliphatic heterocycles.